The minimum absolute atomic E-state index is 0.0264. The first kappa shape index (κ1) is 16.7. The molecule has 0 radical (unpaired) electrons. The van der Waals surface area contributed by atoms with Crippen LogP contribution in [0.3, 0.4) is 0 Å². The van der Waals surface area contributed by atoms with Crippen LogP contribution < -0.4 is 5.49 Å². The van der Waals surface area contributed by atoms with Crippen molar-refractivity contribution in [2.24, 2.45) is 0 Å². The van der Waals surface area contributed by atoms with Gasteiger partial charge in [0.25, 0.3) is 5.71 Å². The van der Waals surface area contributed by atoms with Gasteiger partial charge in [0.15, 0.2) is 10.9 Å². The van der Waals surface area contributed by atoms with Crippen molar-refractivity contribution < 1.29 is 9.32 Å². The molecule has 2 aromatic heterocycles. The third-order valence-corrected chi connectivity index (χ3v) is 4.82. The van der Waals surface area contributed by atoms with Crippen molar-refractivity contribution in [3.63, 3.8) is 0 Å². The summed E-state index contributed by atoms with van der Waals surface area (Å²) in [6, 6.07) is 6.78. The highest BCUT2D eigenvalue weighted by Crippen LogP contribution is 2.21. The summed E-state index contributed by atoms with van der Waals surface area (Å²) >= 11 is 7.12. The van der Waals surface area contributed by atoms with Crippen molar-refractivity contribution in [1.82, 2.24) is 14.7 Å². The van der Waals surface area contributed by atoms with Crippen LogP contribution in [-0.4, -0.2) is 26.2 Å². The first-order valence-corrected chi connectivity index (χ1v) is 8.70. The molecule has 24 heavy (non-hydrogen) atoms. The molecule has 2 heterocycles. The van der Waals surface area contributed by atoms with Gasteiger partial charge in [-0.2, -0.15) is 4.98 Å². The van der Waals surface area contributed by atoms with Gasteiger partial charge in [0.05, 0.1) is 11.4 Å². The van der Waals surface area contributed by atoms with Crippen molar-refractivity contribution in [3.8, 4) is 0 Å². The summed E-state index contributed by atoms with van der Waals surface area (Å²) in [6.45, 7) is 4.28. The quantitative estimate of drug-likeness (QED) is 0.427. The molecule has 0 aliphatic heterocycles. The molecule has 3 rings (SSSR count). The molecular weight excluding hydrogens is 348 g/mol. The third-order valence-electron chi connectivity index (χ3n) is 3.59. The number of hydrogen-bond acceptors (Lipinski definition) is 6. The minimum atomic E-state index is -0.0264. The molecule has 0 aliphatic carbocycles. The highest BCUT2D eigenvalue weighted by Gasteiger charge is 2.16. The van der Waals surface area contributed by atoms with Gasteiger partial charge in [-0.3, -0.25) is 10.2 Å². The highest BCUT2D eigenvalue weighted by molar-refractivity contribution is 7.99. The van der Waals surface area contributed by atoms with E-state index in [0.717, 1.165) is 0 Å². The third kappa shape index (κ3) is 3.09. The van der Waals surface area contributed by atoms with E-state index in [1.807, 2.05) is 6.92 Å². The Bertz CT molecular complexity index is 963. The van der Waals surface area contributed by atoms with Gasteiger partial charge in [-0.1, -0.05) is 28.5 Å². The van der Waals surface area contributed by atoms with Crippen LogP contribution in [0.25, 0.3) is 11.1 Å². The largest absolute Gasteiger partial charge is 0.335 e. The number of aromatic nitrogens is 3. The van der Waals surface area contributed by atoms with Crippen molar-refractivity contribution in [2.75, 3.05) is 5.75 Å². The molecule has 0 amide bonds. The van der Waals surface area contributed by atoms with Crippen LogP contribution >= 0.6 is 23.4 Å². The zero-order valence-electron chi connectivity index (χ0n) is 13.2. The molecule has 124 valence electrons. The second kappa shape index (κ2) is 6.78. The molecule has 0 fully saturated rings. The fraction of sp³-hybridized carbons (Fsp3) is 0.250. The fourth-order valence-corrected chi connectivity index (χ4v) is 3.41. The van der Waals surface area contributed by atoms with E-state index in [0.29, 0.717) is 44.6 Å². The second-order valence-electron chi connectivity index (χ2n) is 5.15. The molecule has 1 N–H and O–H groups in total. The lowest BCUT2D eigenvalue weighted by Gasteiger charge is -2.10. The number of benzene rings is 1. The predicted molar refractivity (Wildman–Crippen MR) is 92.6 cm³/mol. The number of hydrogen-bond donors (Lipinski definition) is 1. The van der Waals surface area contributed by atoms with Crippen LogP contribution in [0.2, 0.25) is 5.02 Å². The van der Waals surface area contributed by atoms with E-state index in [-0.39, 0.29) is 11.5 Å². The number of rotatable bonds is 5. The summed E-state index contributed by atoms with van der Waals surface area (Å²) in [5.41, 5.74) is 1.85. The Morgan fingerprint density at radius 3 is 2.75 bits per heavy atom. The lowest BCUT2D eigenvalue weighted by atomic mass is 10.1. The summed E-state index contributed by atoms with van der Waals surface area (Å²) in [5, 5.41) is 13.9. The molecule has 0 saturated carbocycles. The smallest absolute Gasteiger partial charge is 0.264 e. The second-order valence-corrected chi connectivity index (χ2v) is 6.53. The van der Waals surface area contributed by atoms with E-state index < -0.39 is 0 Å². The molecule has 0 saturated heterocycles. The Balaban J connectivity index is 1.88. The summed E-state index contributed by atoms with van der Waals surface area (Å²) < 4.78 is 6.91. The van der Waals surface area contributed by atoms with Gasteiger partial charge in [-0.15, -0.1) is 0 Å². The lowest BCUT2D eigenvalue weighted by Crippen LogP contribution is -2.23. The summed E-state index contributed by atoms with van der Waals surface area (Å²) in [5.74, 6) is 0.189. The molecule has 0 atom stereocenters. The zero-order valence-corrected chi connectivity index (χ0v) is 14.7. The van der Waals surface area contributed by atoms with Crippen LogP contribution in [0.4, 0.5) is 0 Å². The van der Waals surface area contributed by atoms with E-state index in [4.69, 9.17) is 21.5 Å². The van der Waals surface area contributed by atoms with E-state index in [9.17, 15) is 4.79 Å². The van der Waals surface area contributed by atoms with Crippen LogP contribution in [0, 0.1) is 12.3 Å². The van der Waals surface area contributed by atoms with Gasteiger partial charge in [-0.25, -0.2) is 0 Å². The maximum absolute atomic E-state index is 12.3. The molecule has 0 bridgehead atoms. The van der Waals surface area contributed by atoms with Gasteiger partial charge in [-0.05, 0) is 38.1 Å². The Morgan fingerprint density at radius 1 is 1.38 bits per heavy atom. The number of thioether (sulfide) groups is 1. The van der Waals surface area contributed by atoms with Crippen LogP contribution in [0.15, 0.2) is 33.9 Å². The molecule has 0 spiro atoms. The molecule has 3 aromatic rings. The molecule has 0 unspecified atom stereocenters. The summed E-state index contributed by atoms with van der Waals surface area (Å²) in [7, 11) is 0. The number of nitrogens with zero attached hydrogens (tertiary/aromatic N) is 3. The van der Waals surface area contributed by atoms with Crippen LogP contribution in [0.5, 0.6) is 0 Å². The van der Waals surface area contributed by atoms with Crippen molar-refractivity contribution in [1.29, 1.82) is 5.41 Å². The number of fused-ring (bicyclic) bond motifs is 1. The number of Topliss-reactive ketones (excluding diaryl/α,β-unsaturated/α-hetero) is 1. The highest BCUT2D eigenvalue weighted by atomic mass is 35.5. The Labute approximate surface area is 147 Å². The number of aryl methyl sites for hydroxylation is 1. The Morgan fingerprint density at radius 2 is 2.08 bits per heavy atom. The number of carbonyl (C=O) groups is 1. The fourth-order valence-electron chi connectivity index (χ4n) is 2.34. The van der Waals surface area contributed by atoms with Gasteiger partial charge >= 0.3 is 0 Å². The average molecular weight is 363 g/mol. The van der Waals surface area contributed by atoms with Crippen molar-refractivity contribution in [3.05, 3.63) is 46.0 Å². The van der Waals surface area contributed by atoms with E-state index in [1.54, 1.807) is 35.8 Å². The first-order chi connectivity index (χ1) is 11.5. The lowest BCUT2D eigenvalue weighted by molar-refractivity contribution is 0.102. The Kier molecular flexibility index (Phi) is 4.73. The van der Waals surface area contributed by atoms with Crippen LogP contribution in [0.1, 0.15) is 23.0 Å². The normalized spacial score (nSPS) is 11.1. The molecular formula is C16H15ClN4O2S. The first-order valence-electron chi connectivity index (χ1n) is 7.34. The average Bonchev–Trinajstić information content (AvgIpc) is 2.94. The van der Waals surface area contributed by atoms with Crippen molar-refractivity contribution in [2.45, 2.75) is 25.5 Å². The monoisotopic (exact) mass is 362 g/mol. The maximum Gasteiger partial charge on any atom is 0.264 e. The summed E-state index contributed by atoms with van der Waals surface area (Å²) in [4.78, 5) is 16.7. The van der Waals surface area contributed by atoms with Gasteiger partial charge in [0.2, 0.25) is 0 Å². The molecule has 1 aromatic carbocycles. The van der Waals surface area contributed by atoms with Gasteiger partial charge in [0, 0.05) is 17.1 Å². The van der Waals surface area contributed by atoms with E-state index in [2.05, 4.69) is 10.1 Å². The van der Waals surface area contributed by atoms with E-state index in [1.165, 1.54) is 11.8 Å². The van der Waals surface area contributed by atoms with Crippen LogP contribution in [-0.2, 0) is 6.54 Å². The molecule has 8 heteroatoms. The SMILES string of the molecule is CCn1c(SCC(=O)c2ccc(Cl)cc2)nc2onc(C)c2c1=N. The standard InChI is InChI=1S/C16H15ClN4O2S/c1-3-21-14(18)13-9(2)20-23-15(13)19-16(21)24-8-12(22)10-4-6-11(17)7-5-10/h4-7,18H,3,8H2,1-2H3. The number of carbonyl (C=O) groups excluding carboxylic acids is 1. The Hall–Kier alpha value is -2.12. The number of halogens is 1. The predicted octanol–water partition coefficient (Wildman–Crippen LogP) is 3.46. The molecule has 6 nitrogen and oxygen atoms in total. The maximum atomic E-state index is 12.3. The minimum Gasteiger partial charge on any atom is -0.335 e. The summed E-state index contributed by atoms with van der Waals surface area (Å²) in [6.07, 6.45) is 0. The van der Waals surface area contributed by atoms with Gasteiger partial charge < -0.3 is 9.09 Å². The topological polar surface area (TPSA) is 84.8 Å². The number of nitrogens with one attached hydrogen (secondary N) is 1. The zero-order chi connectivity index (χ0) is 17.3. The number of ketones is 1. The van der Waals surface area contributed by atoms with Crippen molar-refractivity contribution >= 4 is 40.2 Å². The molecule has 0 aliphatic rings. The van der Waals surface area contributed by atoms with E-state index >= 15 is 0 Å². The van der Waals surface area contributed by atoms with Gasteiger partial charge in [0.1, 0.15) is 10.9 Å².